The van der Waals surface area contributed by atoms with Gasteiger partial charge in [-0.05, 0) is 41.6 Å². The minimum atomic E-state index is 0.0410. The Morgan fingerprint density at radius 1 is 1.27 bits per heavy atom. The lowest BCUT2D eigenvalue weighted by Gasteiger charge is -2.19. The molecule has 0 atom stereocenters. The molecule has 0 saturated carbocycles. The molecule has 1 aromatic heterocycles. The van der Waals surface area contributed by atoms with Gasteiger partial charge in [0.1, 0.15) is 0 Å². The molecule has 2 aromatic rings. The molecule has 1 amide bonds. The van der Waals surface area contributed by atoms with E-state index >= 15 is 0 Å². The van der Waals surface area contributed by atoms with Crippen molar-refractivity contribution in [3.63, 3.8) is 0 Å². The maximum Gasteiger partial charge on any atom is 0.238 e. The Morgan fingerprint density at radius 3 is 2.73 bits per heavy atom. The molecule has 2 rings (SSSR count). The number of nitrogens with zero attached hydrogens (tertiary/aromatic N) is 1. The monoisotopic (exact) mass is 316 g/mol. The van der Waals surface area contributed by atoms with Crippen molar-refractivity contribution in [3.8, 4) is 0 Å². The number of rotatable bonds is 7. The summed E-state index contributed by atoms with van der Waals surface area (Å²) in [6, 6.07) is 12.2. The highest BCUT2D eigenvalue weighted by atomic mass is 32.1. The van der Waals surface area contributed by atoms with Gasteiger partial charge in [-0.3, -0.25) is 9.69 Å². The number of benzene rings is 1. The molecule has 0 fully saturated rings. The average Bonchev–Trinajstić information content (AvgIpc) is 2.99. The topological polar surface area (TPSA) is 32.3 Å². The molecule has 1 N–H and O–H groups in total. The lowest BCUT2D eigenvalue weighted by Crippen LogP contribution is -2.32. The molecule has 0 aliphatic carbocycles. The zero-order chi connectivity index (χ0) is 15.9. The van der Waals surface area contributed by atoms with Crippen LogP contribution in [0.2, 0.25) is 0 Å². The Hall–Kier alpha value is -1.65. The fraction of sp³-hybridized carbons (Fsp3) is 0.389. The second-order valence-electron chi connectivity index (χ2n) is 5.71. The van der Waals surface area contributed by atoms with Crippen LogP contribution < -0.4 is 5.32 Å². The van der Waals surface area contributed by atoms with E-state index in [4.69, 9.17) is 0 Å². The maximum absolute atomic E-state index is 12.2. The van der Waals surface area contributed by atoms with Crippen LogP contribution in [0, 0.1) is 0 Å². The fourth-order valence-electron chi connectivity index (χ4n) is 2.28. The molecule has 3 nitrogen and oxygen atoms in total. The van der Waals surface area contributed by atoms with Crippen LogP contribution in [-0.4, -0.2) is 23.9 Å². The van der Waals surface area contributed by atoms with E-state index in [-0.39, 0.29) is 5.91 Å². The summed E-state index contributed by atoms with van der Waals surface area (Å²) in [5, 5.41) is 5.07. The van der Waals surface area contributed by atoms with E-state index in [2.05, 4.69) is 54.6 Å². The van der Waals surface area contributed by atoms with Crippen molar-refractivity contribution in [3.05, 3.63) is 52.2 Å². The van der Waals surface area contributed by atoms with Crippen molar-refractivity contribution in [2.24, 2.45) is 0 Å². The first-order valence-corrected chi connectivity index (χ1v) is 8.61. The van der Waals surface area contributed by atoms with Crippen molar-refractivity contribution in [1.29, 1.82) is 0 Å². The number of nitrogens with one attached hydrogen (secondary N) is 1. The number of amides is 1. The minimum absolute atomic E-state index is 0.0410. The van der Waals surface area contributed by atoms with Crippen molar-refractivity contribution in [2.45, 2.75) is 33.2 Å². The molecule has 0 radical (unpaired) electrons. The second kappa shape index (κ2) is 8.11. The number of likely N-dealkylation sites (N-methyl/N-ethyl adjacent to an activating group) is 1. The quantitative estimate of drug-likeness (QED) is 0.824. The number of anilines is 1. The van der Waals surface area contributed by atoms with Crippen LogP contribution in [0.25, 0.3) is 0 Å². The van der Waals surface area contributed by atoms with Crippen molar-refractivity contribution in [1.82, 2.24) is 4.90 Å². The maximum atomic E-state index is 12.2. The standard InChI is InChI=1S/C18H24N2OS/c1-4-20(12-17-9-6-10-22-17)13-18(21)19-16-8-5-7-15(11-16)14(2)3/h5-11,14H,4,12-13H2,1-3H3,(H,19,21). The fourth-order valence-corrected chi connectivity index (χ4v) is 3.03. The first kappa shape index (κ1) is 16.7. The zero-order valence-corrected chi connectivity index (χ0v) is 14.3. The van der Waals surface area contributed by atoms with E-state index in [0.717, 1.165) is 18.8 Å². The normalized spacial score (nSPS) is 11.1. The predicted octanol–water partition coefficient (Wildman–Crippen LogP) is 4.33. The molecule has 0 spiro atoms. The summed E-state index contributed by atoms with van der Waals surface area (Å²) in [4.78, 5) is 15.7. The van der Waals surface area contributed by atoms with Crippen LogP contribution in [-0.2, 0) is 11.3 Å². The van der Waals surface area contributed by atoms with E-state index in [1.165, 1.54) is 10.4 Å². The van der Waals surface area contributed by atoms with Crippen LogP contribution in [0.15, 0.2) is 41.8 Å². The molecule has 0 aliphatic heterocycles. The largest absolute Gasteiger partial charge is 0.325 e. The molecule has 0 aliphatic rings. The average molecular weight is 316 g/mol. The van der Waals surface area contributed by atoms with Crippen LogP contribution in [0.3, 0.4) is 0 Å². The summed E-state index contributed by atoms with van der Waals surface area (Å²) >= 11 is 1.73. The van der Waals surface area contributed by atoms with Crippen LogP contribution in [0.5, 0.6) is 0 Å². The summed E-state index contributed by atoms with van der Waals surface area (Å²) in [7, 11) is 0. The minimum Gasteiger partial charge on any atom is -0.325 e. The van der Waals surface area contributed by atoms with Gasteiger partial charge in [-0.15, -0.1) is 11.3 Å². The number of carbonyl (C=O) groups excluding carboxylic acids is 1. The summed E-state index contributed by atoms with van der Waals surface area (Å²) in [5.41, 5.74) is 2.12. The Labute approximate surface area is 137 Å². The van der Waals surface area contributed by atoms with Gasteiger partial charge in [-0.1, -0.05) is 39.0 Å². The third kappa shape index (κ3) is 4.97. The lowest BCUT2D eigenvalue weighted by atomic mass is 10.0. The predicted molar refractivity (Wildman–Crippen MR) is 94.4 cm³/mol. The van der Waals surface area contributed by atoms with Gasteiger partial charge in [0.05, 0.1) is 6.54 Å². The Balaban J connectivity index is 1.92. The lowest BCUT2D eigenvalue weighted by molar-refractivity contribution is -0.117. The summed E-state index contributed by atoms with van der Waals surface area (Å²) in [6.07, 6.45) is 0. The number of hydrogen-bond donors (Lipinski definition) is 1. The van der Waals surface area contributed by atoms with Gasteiger partial charge in [0.2, 0.25) is 5.91 Å². The van der Waals surface area contributed by atoms with E-state index < -0.39 is 0 Å². The first-order chi connectivity index (χ1) is 10.6. The molecule has 4 heteroatoms. The molecule has 0 unspecified atom stereocenters. The van der Waals surface area contributed by atoms with Gasteiger partial charge in [-0.25, -0.2) is 0 Å². The highest BCUT2D eigenvalue weighted by Gasteiger charge is 2.11. The third-order valence-electron chi connectivity index (χ3n) is 3.61. The van der Waals surface area contributed by atoms with Crippen molar-refractivity contribution < 1.29 is 4.79 Å². The van der Waals surface area contributed by atoms with E-state index in [0.29, 0.717) is 12.5 Å². The molecule has 0 saturated heterocycles. The van der Waals surface area contributed by atoms with Crippen LogP contribution in [0.4, 0.5) is 5.69 Å². The van der Waals surface area contributed by atoms with Gasteiger partial charge in [0.25, 0.3) is 0 Å². The molecule has 1 aromatic carbocycles. The summed E-state index contributed by atoms with van der Waals surface area (Å²) < 4.78 is 0. The Kier molecular flexibility index (Phi) is 6.16. The van der Waals surface area contributed by atoms with E-state index in [9.17, 15) is 4.79 Å². The summed E-state index contributed by atoms with van der Waals surface area (Å²) in [5.74, 6) is 0.502. The van der Waals surface area contributed by atoms with Gasteiger partial charge in [-0.2, -0.15) is 0 Å². The highest BCUT2D eigenvalue weighted by molar-refractivity contribution is 7.09. The van der Waals surface area contributed by atoms with E-state index in [1.54, 1.807) is 11.3 Å². The molecular weight excluding hydrogens is 292 g/mol. The van der Waals surface area contributed by atoms with Crippen molar-refractivity contribution >= 4 is 22.9 Å². The Morgan fingerprint density at radius 2 is 2.09 bits per heavy atom. The summed E-state index contributed by atoms with van der Waals surface area (Å²) in [6.45, 7) is 8.49. The Bertz CT molecular complexity index is 593. The number of hydrogen-bond acceptors (Lipinski definition) is 3. The van der Waals surface area contributed by atoms with Crippen LogP contribution >= 0.6 is 11.3 Å². The molecule has 118 valence electrons. The molecule has 0 bridgehead atoms. The molecule has 22 heavy (non-hydrogen) atoms. The smallest absolute Gasteiger partial charge is 0.238 e. The zero-order valence-electron chi connectivity index (χ0n) is 13.5. The molecule has 1 heterocycles. The first-order valence-electron chi connectivity index (χ1n) is 7.73. The van der Waals surface area contributed by atoms with Gasteiger partial charge < -0.3 is 5.32 Å². The second-order valence-corrected chi connectivity index (χ2v) is 6.74. The van der Waals surface area contributed by atoms with Gasteiger partial charge in [0, 0.05) is 17.1 Å². The van der Waals surface area contributed by atoms with Crippen molar-refractivity contribution in [2.75, 3.05) is 18.4 Å². The highest BCUT2D eigenvalue weighted by Crippen LogP contribution is 2.18. The number of thiophene rings is 1. The van der Waals surface area contributed by atoms with Gasteiger partial charge in [0.15, 0.2) is 0 Å². The molecular formula is C18H24N2OS. The third-order valence-corrected chi connectivity index (χ3v) is 4.47. The van der Waals surface area contributed by atoms with Crippen LogP contribution in [0.1, 0.15) is 37.1 Å². The SMILES string of the molecule is CCN(CC(=O)Nc1cccc(C(C)C)c1)Cc1cccs1. The van der Waals surface area contributed by atoms with E-state index in [1.807, 2.05) is 18.2 Å². The number of carbonyl (C=O) groups is 1. The van der Waals surface area contributed by atoms with Gasteiger partial charge >= 0.3 is 0 Å².